The minimum Gasteiger partial charge on any atom is -0.397 e. The first-order valence-electron chi connectivity index (χ1n) is 7.97. The summed E-state index contributed by atoms with van der Waals surface area (Å²) < 4.78 is 0.102. The average molecular weight is 397 g/mol. The number of hydrogen-bond acceptors (Lipinski definition) is 7. The van der Waals surface area contributed by atoms with E-state index in [4.69, 9.17) is 28.5 Å². The van der Waals surface area contributed by atoms with E-state index in [0.717, 1.165) is 16.9 Å². The number of nitrogens with one attached hydrogen (secondary N) is 2. The zero-order valence-corrected chi connectivity index (χ0v) is 15.4. The maximum absolute atomic E-state index is 12.3. The molecule has 1 aromatic carbocycles. The van der Waals surface area contributed by atoms with Gasteiger partial charge in [0.25, 0.3) is 0 Å². The van der Waals surface area contributed by atoms with Crippen molar-refractivity contribution >= 4 is 56.3 Å². The van der Waals surface area contributed by atoms with Crippen molar-refractivity contribution in [1.82, 2.24) is 4.98 Å². The van der Waals surface area contributed by atoms with Crippen molar-refractivity contribution < 1.29 is 4.79 Å². The van der Waals surface area contributed by atoms with Gasteiger partial charge in [-0.3, -0.25) is 10.2 Å². The monoisotopic (exact) mass is 396 g/mol. The lowest BCUT2D eigenvalue weighted by Gasteiger charge is -2.27. The number of anilines is 3. The molecule has 3 aromatic rings. The first-order chi connectivity index (χ1) is 12.9. The number of carbonyl (C=O) groups excluding carboxylic acids is 1. The van der Waals surface area contributed by atoms with Crippen molar-refractivity contribution in [1.29, 1.82) is 10.7 Å². The van der Waals surface area contributed by atoms with E-state index in [0.29, 0.717) is 26.5 Å². The van der Waals surface area contributed by atoms with E-state index in [9.17, 15) is 10.1 Å². The first-order valence-corrected chi connectivity index (χ1v) is 9.16. The maximum atomic E-state index is 12.3. The highest BCUT2D eigenvalue weighted by Crippen LogP contribution is 2.44. The number of fused-ring (bicyclic) bond motifs is 3. The SMILES string of the molecule is N#Cc1c(N)nc2c3c(sc(=N)c2c1N)NC(=O)CC3c1ccccc1Cl. The third-order valence-electron chi connectivity index (χ3n) is 4.58. The van der Waals surface area contributed by atoms with Crippen molar-refractivity contribution in [3.05, 3.63) is 50.6 Å². The Labute approximate surface area is 162 Å². The van der Waals surface area contributed by atoms with Crippen molar-refractivity contribution in [2.75, 3.05) is 16.8 Å². The van der Waals surface area contributed by atoms with Crippen LogP contribution in [0, 0.1) is 16.7 Å². The van der Waals surface area contributed by atoms with Gasteiger partial charge in [-0.2, -0.15) is 5.26 Å². The molecule has 2 aromatic heterocycles. The fourth-order valence-electron chi connectivity index (χ4n) is 3.39. The number of nitrogens with two attached hydrogens (primary N) is 2. The topological polar surface area (TPSA) is 142 Å². The second-order valence-electron chi connectivity index (χ2n) is 6.12. The molecule has 27 heavy (non-hydrogen) atoms. The third kappa shape index (κ3) is 2.60. The molecule has 0 saturated carbocycles. The molecule has 134 valence electrons. The lowest BCUT2D eigenvalue weighted by molar-refractivity contribution is -0.116. The summed E-state index contributed by atoms with van der Waals surface area (Å²) in [6, 6.07) is 9.22. The summed E-state index contributed by atoms with van der Waals surface area (Å²) in [7, 11) is 0. The largest absolute Gasteiger partial charge is 0.397 e. The van der Waals surface area contributed by atoms with Crippen molar-refractivity contribution in [2.24, 2.45) is 0 Å². The molecule has 1 amide bonds. The van der Waals surface area contributed by atoms with E-state index < -0.39 is 0 Å². The molecule has 7 nitrogen and oxygen atoms in total. The molecule has 4 rings (SSSR count). The summed E-state index contributed by atoms with van der Waals surface area (Å²) in [6.45, 7) is 0. The number of benzene rings is 1. The number of aromatic nitrogens is 1. The highest BCUT2D eigenvalue weighted by molar-refractivity contribution is 7.14. The number of nitrogens with zero attached hydrogens (tertiary/aromatic N) is 2. The fraction of sp³-hybridized carbons (Fsp3) is 0.111. The Morgan fingerprint density at radius 3 is 2.81 bits per heavy atom. The van der Waals surface area contributed by atoms with Crippen LogP contribution >= 0.6 is 22.9 Å². The Morgan fingerprint density at radius 2 is 2.11 bits per heavy atom. The van der Waals surface area contributed by atoms with Crippen LogP contribution in [0.4, 0.5) is 16.5 Å². The van der Waals surface area contributed by atoms with Crippen LogP contribution in [0.1, 0.15) is 29.0 Å². The second kappa shape index (κ2) is 6.23. The molecular weight excluding hydrogens is 384 g/mol. The molecule has 0 saturated heterocycles. The molecular formula is C18H13ClN6OS. The smallest absolute Gasteiger partial charge is 0.225 e. The van der Waals surface area contributed by atoms with Gasteiger partial charge in [0.1, 0.15) is 27.1 Å². The molecule has 0 fully saturated rings. The molecule has 9 heteroatoms. The van der Waals surface area contributed by atoms with E-state index in [1.165, 1.54) is 0 Å². The number of hydrogen-bond donors (Lipinski definition) is 4. The van der Waals surface area contributed by atoms with Crippen LogP contribution in [0.15, 0.2) is 24.3 Å². The number of halogens is 1. The first kappa shape index (κ1) is 17.3. The third-order valence-corrected chi connectivity index (χ3v) is 5.86. The standard InChI is InChI=1S/C18H13ClN6OS/c19-10-4-2-1-3-7(10)8-5-11(26)24-18-12(8)15-13(17(23)27-18)14(21)9(6-20)16(22)25-15/h1-4,8,23H,5H2,(H,24,26)(H4,21,22,25). The van der Waals surface area contributed by atoms with E-state index in [-0.39, 0.29) is 40.0 Å². The Hall–Kier alpha value is -3.15. The van der Waals surface area contributed by atoms with Crippen LogP contribution in [0.5, 0.6) is 0 Å². The number of amides is 1. The zero-order chi connectivity index (χ0) is 19.3. The number of pyridine rings is 1. The number of nitrogen functional groups attached to an aromatic ring is 2. The van der Waals surface area contributed by atoms with Crippen molar-refractivity contribution in [2.45, 2.75) is 12.3 Å². The van der Waals surface area contributed by atoms with Gasteiger partial charge in [-0.05, 0) is 11.6 Å². The Morgan fingerprint density at radius 1 is 1.37 bits per heavy atom. The number of rotatable bonds is 1. The number of carbonyl (C=O) groups is 1. The van der Waals surface area contributed by atoms with Gasteiger partial charge in [-0.25, -0.2) is 4.98 Å². The van der Waals surface area contributed by atoms with Crippen molar-refractivity contribution in [3.63, 3.8) is 0 Å². The lowest BCUT2D eigenvalue weighted by Crippen LogP contribution is -2.25. The molecule has 3 heterocycles. The second-order valence-corrected chi connectivity index (χ2v) is 7.55. The van der Waals surface area contributed by atoms with Gasteiger partial charge in [0.2, 0.25) is 5.91 Å². The molecule has 0 bridgehead atoms. The summed E-state index contributed by atoms with van der Waals surface area (Å²) >= 11 is 7.46. The van der Waals surface area contributed by atoms with Crippen molar-refractivity contribution in [3.8, 4) is 6.07 Å². The minimum atomic E-state index is -0.360. The van der Waals surface area contributed by atoms with Gasteiger partial charge >= 0.3 is 0 Å². The molecule has 1 aliphatic rings. The molecule has 1 unspecified atom stereocenters. The predicted molar refractivity (Wildman–Crippen MR) is 106 cm³/mol. The van der Waals surface area contributed by atoms with Crippen LogP contribution in [-0.4, -0.2) is 10.9 Å². The van der Waals surface area contributed by atoms with Gasteiger partial charge in [-0.1, -0.05) is 41.1 Å². The zero-order valence-electron chi connectivity index (χ0n) is 13.8. The van der Waals surface area contributed by atoms with E-state index in [1.54, 1.807) is 6.07 Å². The minimum absolute atomic E-state index is 0.00453. The van der Waals surface area contributed by atoms with Crippen LogP contribution < -0.4 is 21.5 Å². The summed E-state index contributed by atoms with van der Waals surface area (Å²) in [5, 5.41) is 21.9. The molecule has 6 N–H and O–H groups in total. The molecule has 0 radical (unpaired) electrons. The summed E-state index contributed by atoms with van der Waals surface area (Å²) in [6.07, 6.45) is 0.178. The quantitative estimate of drug-likeness (QED) is 0.500. The predicted octanol–water partition coefficient (Wildman–Crippen LogP) is 2.94. The van der Waals surface area contributed by atoms with E-state index >= 15 is 0 Å². The van der Waals surface area contributed by atoms with Crippen LogP contribution in [-0.2, 0) is 4.79 Å². The Bertz CT molecular complexity index is 1230. The van der Waals surface area contributed by atoms with Crippen LogP contribution in [0.2, 0.25) is 5.02 Å². The molecule has 1 atom stereocenters. The Kier molecular flexibility index (Phi) is 3.98. The highest BCUT2D eigenvalue weighted by atomic mass is 35.5. The summed E-state index contributed by atoms with van der Waals surface area (Å²) in [4.78, 5) is 16.7. The maximum Gasteiger partial charge on any atom is 0.225 e. The molecule has 0 aliphatic carbocycles. The number of nitriles is 1. The fourth-order valence-corrected chi connectivity index (χ4v) is 4.68. The molecule has 0 spiro atoms. The normalized spacial score (nSPS) is 15.9. The average Bonchev–Trinajstić information content (AvgIpc) is 2.61. The Balaban J connectivity index is 2.14. The van der Waals surface area contributed by atoms with Gasteiger partial charge in [-0.15, -0.1) is 0 Å². The van der Waals surface area contributed by atoms with Gasteiger partial charge < -0.3 is 16.8 Å². The van der Waals surface area contributed by atoms with Gasteiger partial charge in [0, 0.05) is 22.9 Å². The summed E-state index contributed by atoms with van der Waals surface area (Å²) in [5.41, 5.74) is 14.2. The van der Waals surface area contributed by atoms with Crippen LogP contribution in [0.3, 0.4) is 0 Å². The van der Waals surface area contributed by atoms with E-state index in [2.05, 4.69) is 10.3 Å². The van der Waals surface area contributed by atoms with E-state index in [1.807, 2.05) is 24.3 Å². The van der Waals surface area contributed by atoms with Gasteiger partial charge in [0.15, 0.2) is 0 Å². The highest BCUT2D eigenvalue weighted by Gasteiger charge is 2.32. The van der Waals surface area contributed by atoms with Gasteiger partial charge in [0.05, 0.1) is 16.6 Å². The summed E-state index contributed by atoms with van der Waals surface area (Å²) in [5.74, 6) is -0.534. The lowest BCUT2D eigenvalue weighted by atomic mass is 9.86. The van der Waals surface area contributed by atoms with Crippen LogP contribution in [0.25, 0.3) is 10.9 Å². The molecule has 1 aliphatic heterocycles.